The molecule has 1 fully saturated rings. The molecule has 0 spiro atoms. The van der Waals surface area contributed by atoms with E-state index < -0.39 is 34.0 Å². The van der Waals surface area contributed by atoms with Gasteiger partial charge in [-0.1, -0.05) is 6.07 Å². The predicted octanol–water partition coefficient (Wildman–Crippen LogP) is 0.0342. The highest BCUT2D eigenvalue weighted by Gasteiger charge is 2.43. The Morgan fingerprint density at radius 2 is 2.11 bits per heavy atom. The lowest BCUT2D eigenvalue weighted by Gasteiger charge is -2.20. The molecule has 1 aromatic carbocycles. The van der Waals surface area contributed by atoms with Crippen molar-refractivity contribution in [1.29, 1.82) is 0 Å². The number of carboxylic acids is 1. The van der Waals surface area contributed by atoms with Crippen LogP contribution >= 0.6 is 0 Å². The minimum absolute atomic E-state index is 0.177. The largest absolute Gasteiger partial charge is 0.480 e. The molecule has 1 aromatic rings. The van der Waals surface area contributed by atoms with E-state index in [1.165, 1.54) is 12.1 Å². The number of sulfonamides is 1. The summed E-state index contributed by atoms with van der Waals surface area (Å²) in [5.74, 6) is -2.07. The molecule has 19 heavy (non-hydrogen) atoms. The van der Waals surface area contributed by atoms with Crippen molar-refractivity contribution < 1.29 is 27.8 Å². The molecule has 0 aliphatic carbocycles. The quantitative estimate of drug-likeness (QED) is 0.819. The molecule has 0 amide bonds. The first kappa shape index (κ1) is 13.9. The van der Waals surface area contributed by atoms with E-state index in [0.717, 1.165) is 12.1 Å². The van der Waals surface area contributed by atoms with Gasteiger partial charge in [0.1, 0.15) is 11.9 Å². The molecular weight excluding hydrogens is 277 g/mol. The van der Waals surface area contributed by atoms with Gasteiger partial charge in [0, 0.05) is 13.0 Å². The number of aliphatic hydroxyl groups is 1. The highest BCUT2D eigenvalue weighted by molar-refractivity contribution is 7.89. The molecule has 0 radical (unpaired) electrons. The van der Waals surface area contributed by atoms with Crippen molar-refractivity contribution in [3.05, 3.63) is 30.1 Å². The van der Waals surface area contributed by atoms with Crippen molar-refractivity contribution in [2.24, 2.45) is 0 Å². The number of benzene rings is 1. The van der Waals surface area contributed by atoms with Gasteiger partial charge in [-0.15, -0.1) is 0 Å². The number of nitrogens with zero attached hydrogens (tertiary/aromatic N) is 1. The van der Waals surface area contributed by atoms with Crippen molar-refractivity contribution in [2.45, 2.75) is 23.5 Å². The highest BCUT2D eigenvalue weighted by Crippen LogP contribution is 2.26. The van der Waals surface area contributed by atoms with E-state index in [-0.39, 0.29) is 17.9 Å². The summed E-state index contributed by atoms with van der Waals surface area (Å²) in [6, 6.07) is 2.99. The van der Waals surface area contributed by atoms with Gasteiger partial charge in [0.2, 0.25) is 10.0 Å². The van der Waals surface area contributed by atoms with Crippen LogP contribution in [0.25, 0.3) is 0 Å². The van der Waals surface area contributed by atoms with Crippen molar-refractivity contribution in [1.82, 2.24) is 4.31 Å². The molecule has 1 aliphatic rings. The summed E-state index contributed by atoms with van der Waals surface area (Å²) < 4.78 is 38.2. The first-order valence-electron chi connectivity index (χ1n) is 5.50. The van der Waals surface area contributed by atoms with Gasteiger partial charge in [-0.05, 0) is 18.2 Å². The monoisotopic (exact) mass is 289 g/mol. The number of β-amino-alcohol motifs (C(OH)–C–C–N with tert-alkyl or cyclic N) is 1. The number of halogens is 1. The fraction of sp³-hybridized carbons (Fsp3) is 0.364. The second-order valence-corrected chi connectivity index (χ2v) is 6.17. The number of carbonyl (C=O) groups is 1. The number of carboxylic acid groups (broad SMARTS) is 1. The Kier molecular flexibility index (Phi) is 3.57. The molecule has 8 heteroatoms. The molecule has 2 N–H and O–H groups in total. The van der Waals surface area contributed by atoms with E-state index in [4.69, 9.17) is 5.11 Å². The maximum Gasteiger partial charge on any atom is 0.322 e. The Morgan fingerprint density at radius 3 is 2.68 bits per heavy atom. The molecule has 0 aromatic heterocycles. The summed E-state index contributed by atoms with van der Waals surface area (Å²) >= 11 is 0. The lowest BCUT2D eigenvalue weighted by atomic mass is 10.2. The number of aliphatic carboxylic acids is 1. The maximum absolute atomic E-state index is 13.1. The Hall–Kier alpha value is -1.51. The zero-order chi connectivity index (χ0) is 14.2. The van der Waals surface area contributed by atoms with Crippen molar-refractivity contribution >= 4 is 16.0 Å². The summed E-state index contributed by atoms with van der Waals surface area (Å²) in [6.45, 7) is -0.310. The molecule has 0 saturated carbocycles. The van der Waals surface area contributed by atoms with Crippen LogP contribution in [-0.4, -0.2) is 47.6 Å². The van der Waals surface area contributed by atoms with Gasteiger partial charge in [-0.25, -0.2) is 12.8 Å². The second-order valence-electron chi connectivity index (χ2n) is 4.28. The average Bonchev–Trinajstić information content (AvgIpc) is 2.72. The summed E-state index contributed by atoms with van der Waals surface area (Å²) in [7, 11) is -4.14. The van der Waals surface area contributed by atoms with E-state index in [0.29, 0.717) is 4.31 Å². The van der Waals surface area contributed by atoms with Crippen LogP contribution in [0.5, 0.6) is 0 Å². The molecule has 6 nitrogen and oxygen atoms in total. The van der Waals surface area contributed by atoms with Gasteiger partial charge < -0.3 is 10.2 Å². The minimum Gasteiger partial charge on any atom is -0.480 e. The third-order valence-corrected chi connectivity index (χ3v) is 4.79. The molecule has 2 rings (SSSR count). The predicted molar refractivity (Wildman–Crippen MR) is 62.3 cm³/mol. The minimum atomic E-state index is -4.14. The van der Waals surface area contributed by atoms with Crippen molar-refractivity contribution in [3.63, 3.8) is 0 Å². The molecule has 2 unspecified atom stereocenters. The van der Waals surface area contributed by atoms with Crippen LogP contribution in [0, 0.1) is 5.82 Å². The maximum atomic E-state index is 13.1. The van der Waals surface area contributed by atoms with Crippen molar-refractivity contribution in [2.75, 3.05) is 6.54 Å². The van der Waals surface area contributed by atoms with E-state index in [2.05, 4.69) is 0 Å². The van der Waals surface area contributed by atoms with Crippen LogP contribution in [0.15, 0.2) is 29.2 Å². The van der Waals surface area contributed by atoms with E-state index in [9.17, 15) is 22.7 Å². The van der Waals surface area contributed by atoms with Crippen LogP contribution in [-0.2, 0) is 14.8 Å². The normalized spacial score (nSPS) is 24.5. The lowest BCUT2D eigenvalue weighted by molar-refractivity contribution is -0.140. The Bertz CT molecular complexity index is 603. The van der Waals surface area contributed by atoms with Crippen molar-refractivity contribution in [3.8, 4) is 0 Å². The highest BCUT2D eigenvalue weighted by atomic mass is 32.2. The fourth-order valence-electron chi connectivity index (χ4n) is 2.04. The van der Waals surface area contributed by atoms with Crippen LogP contribution in [0.3, 0.4) is 0 Å². The SMILES string of the molecule is O=C(O)C1CC(O)CN1S(=O)(=O)c1cccc(F)c1. The number of hydrogen-bond donors (Lipinski definition) is 2. The molecule has 1 aliphatic heterocycles. The van der Waals surface area contributed by atoms with Gasteiger partial charge in [0.25, 0.3) is 0 Å². The molecule has 1 heterocycles. The van der Waals surface area contributed by atoms with Gasteiger partial charge in [-0.3, -0.25) is 4.79 Å². The summed E-state index contributed by atoms with van der Waals surface area (Å²) in [5.41, 5.74) is 0. The third kappa shape index (κ3) is 2.60. The molecule has 2 atom stereocenters. The molecule has 104 valence electrons. The zero-order valence-electron chi connectivity index (χ0n) is 9.73. The van der Waals surface area contributed by atoms with Gasteiger partial charge in [-0.2, -0.15) is 4.31 Å². The van der Waals surface area contributed by atoms with Crippen LogP contribution in [0.1, 0.15) is 6.42 Å². The van der Waals surface area contributed by atoms with Crippen LogP contribution < -0.4 is 0 Å². The average molecular weight is 289 g/mol. The summed E-state index contributed by atoms with van der Waals surface area (Å²) in [6.07, 6.45) is -1.21. The van der Waals surface area contributed by atoms with Gasteiger partial charge in [0.05, 0.1) is 11.0 Å². The number of rotatable bonds is 3. The van der Waals surface area contributed by atoms with Crippen LogP contribution in [0.4, 0.5) is 4.39 Å². The number of hydrogen-bond acceptors (Lipinski definition) is 4. The lowest BCUT2D eigenvalue weighted by Crippen LogP contribution is -2.40. The molecule has 0 bridgehead atoms. The Balaban J connectivity index is 2.41. The second kappa shape index (κ2) is 4.87. The van der Waals surface area contributed by atoms with Gasteiger partial charge in [0.15, 0.2) is 0 Å². The Labute approximate surface area is 109 Å². The smallest absolute Gasteiger partial charge is 0.322 e. The first-order valence-corrected chi connectivity index (χ1v) is 6.94. The molecule has 1 saturated heterocycles. The Morgan fingerprint density at radius 1 is 1.42 bits per heavy atom. The summed E-state index contributed by atoms with van der Waals surface area (Å²) in [5, 5.41) is 18.4. The van der Waals surface area contributed by atoms with E-state index >= 15 is 0 Å². The number of aliphatic hydroxyl groups excluding tert-OH is 1. The third-order valence-electron chi connectivity index (χ3n) is 2.92. The van der Waals surface area contributed by atoms with E-state index in [1.807, 2.05) is 0 Å². The molecular formula is C11H12FNO5S. The first-order chi connectivity index (χ1) is 8.82. The van der Waals surface area contributed by atoms with E-state index in [1.54, 1.807) is 0 Å². The zero-order valence-corrected chi connectivity index (χ0v) is 10.5. The topological polar surface area (TPSA) is 94.9 Å². The summed E-state index contributed by atoms with van der Waals surface area (Å²) in [4.78, 5) is 10.7. The standard InChI is InChI=1S/C11H12FNO5S/c12-7-2-1-3-9(4-7)19(17,18)13-6-8(14)5-10(13)11(15)16/h1-4,8,10,14H,5-6H2,(H,15,16). The van der Waals surface area contributed by atoms with Gasteiger partial charge >= 0.3 is 5.97 Å². The van der Waals surface area contributed by atoms with Crippen LogP contribution in [0.2, 0.25) is 0 Å². The fourth-order valence-corrected chi connectivity index (χ4v) is 3.70.